The number of anilines is 1. The van der Waals surface area contributed by atoms with E-state index in [0.717, 1.165) is 11.8 Å². The molecule has 1 amide bonds. The quantitative estimate of drug-likeness (QED) is 0.337. The molecule has 1 N–H and O–H groups in total. The molecule has 0 aromatic heterocycles. The Bertz CT molecular complexity index is 1100. The number of benzene rings is 3. The number of hydrogen-bond donors (Lipinski definition) is 1. The largest absolute Gasteiger partial charge is 0.322 e. The van der Waals surface area contributed by atoms with E-state index in [1.165, 1.54) is 55.5 Å². The third-order valence-corrected chi connectivity index (χ3v) is 5.06. The number of ketones is 1. The highest BCUT2D eigenvalue weighted by Gasteiger charge is 2.19. The predicted octanol–water partition coefficient (Wildman–Crippen LogP) is 5.34. The molecule has 0 heterocycles. The lowest BCUT2D eigenvalue weighted by atomic mass is 10.1. The molecule has 0 aliphatic carbocycles. The lowest BCUT2D eigenvalue weighted by molar-refractivity contribution is -0.387. The molecule has 0 spiro atoms. The lowest BCUT2D eigenvalue weighted by Crippen LogP contribution is -2.12. The Morgan fingerprint density at radius 1 is 1.00 bits per heavy atom. The summed E-state index contributed by atoms with van der Waals surface area (Å²) in [5.74, 6) is -1.07. The average Bonchev–Trinajstić information content (AvgIpc) is 2.70. The predicted molar refractivity (Wildman–Crippen MR) is 108 cm³/mol. The minimum Gasteiger partial charge on any atom is -0.322 e. The summed E-state index contributed by atoms with van der Waals surface area (Å²) in [6.45, 7) is 1.42. The van der Waals surface area contributed by atoms with Crippen molar-refractivity contribution < 1.29 is 18.9 Å². The second kappa shape index (κ2) is 8.66. The van der Waals surface area contributed by atoms with E-state index in [9.17, 15) is 24.1 Å². The third-order valence-electron chi connectivity index (χ3n) is 3.99. The number of carbonyl (C=O) groups is 2. The number of hydrogen-bond acceptors (Lipinski definition) is 5. The zero-order chi connectivity index (χ0) is 21.0. The standard InChI is InChI=1S/C21H15FN2O4S/c1-13(25)14-3-2-4-17(11-14)23-21(26)15-5-10-20(19(12-15)24(27)28)29-18-8-6-16(22)7-9-18/h2-12H,1H3,(H,23,26). The molecule has 0 atom stereocenters. The fraction of sp³-hybridized carbons (Fsp3) is 0.0476. The Kier molecular flexibility index (Phi) is 6.04. The summed E-state index contributed by atoms with van der Waals surface area (Å²) in [6, 6.07) is 16.1. The van der Waals surface area contributed by atoms with Gasteiger partial charge in [0.25, 0.3) is 11.6 Å². The van der Waals surface area contributed by atoms with E-state index in [0.29, 0.717) is 21.0 Å². The summed E-state index contributed by atoms with van der Waals surface area (Å²) < 4.78 is 13.0. The van der Waals surface area contributed by atoms with Crippen molar-refractivity contribution in [3.05, 3.63) is 93.8 Å². The minimum atomic E-state index is -0.570. The van der Waals surface area contributed by atoms with Gasteiger partial charge in [0, 0.05) is 27.8 Å². The molecular weight excluding hydrogens is 395 g/mol. The molecule has 6 nitrogen and oxygen atoms in total. The first-order chi connectivity index (χ1) is 13.8. The molecule has 3 aromatic carbocycles. The maximum atomic E-state index is 13.0. The summed E-state index contributed by atoms with van der Waals surface area (Å²) >= 11 is 1.10. The van der Waals surface area contributed by atoms with Crippen molar-refractivity contribution >= 4 is 34.8 Å². The maximum absolute atomic E-state index is 13.0. The minimum absolute atomic E-state index is 0.105. The molecule has 0 fully saturated rings. The van der Waals surface area contributed by atoms with Gasteiger partial charge in [-0.05, 0) is 55.5 Å². The first kappa shape index (κ1) is 20.2. The van der Waals surface area contributed by atoms with Gasteiger partial charge in [-0.3, -0.25) is 19.7 Å². The van der Waals surface area contributed by atoms with Gasteiger partial charge in [0.05, 0.1) is 9.82 Å². The fourth-order valence-corrected chi connectivity index (χ4v) is 3.44. The van der Waals surface area contributed by atoms with Gasteiger partial charge < -0.3 is 5.32 Å². The highest BCUT2D eigenvalue weighted by atomic mass is 32.2. The maximum Gasteiger partial charge on any atom is 0.284 e. The van der Waals surface area contributed by atoms with Crippen LogP contribution >= 0.6 is 11.8 Å². The van der Waals surface area contributed by atoms with E-state index in [4.69, 9.17) is 0 Å². The molecule has 3 rings (SSSR count). The number of nitrogens with one attached hydrogen (secondary N) is 1. The van der Waals surface area contributed by atoms with Crippen LogP contribution in [0.4, 0.5) is 15.8 Å². The van der Waals surface area contributed by atoms with E-state index in [1.54, 1.807) is 18.2 Å². The Labute approximate surface area is 169 Å². The van der Waals surface area contributed by atoms with Crippen LogP contribution in [0.5, 0.6) is 0 Å². The van der Waals surface area contributed by atoms with Gasteiger partial charge in [0.15, 0.2) is 5.78 Å². The van der Waals surface area contributed by atoms with Crippen LogP contribution in [-0.4, -0.2) is 16.6 Å². The Morgan fingerprint density at radius 2 is 1.72 bits per heavy atom. The SMILES string of the molecule is CC(=O)c1cccc(NC(=O)c2ccc(Sc3ccc(F)cc3)c([N+](=O)[O-])c2)c1. The van der Waals surface area contributed by atoms with Crippen molar-refractivity contribution in [2.75, 3.05) is 5.32 Å². The molecule has 0 unspecified atom stereocenters. The molecule has 0 radical (unpaired) electrons. The van der Waals surface area contributed by atoms with Crippen LogP contribution < -0.4 is 5.32 Å². The van der Waals surface area contributed by atoms with Gasteiger partial charge in [-0.2, -0.15) is 0 Å². The number of halogens is 1. The second-order valence-electron chi connectivity index (χ2n) is 6.09. The highest BCUT2D eigenvalue weighted by molar-refractivity contribution is 7.99. The van der Waals surface area contributed by atoms with E-state index in [2.05, 4.69) is 5.32 Å². The number of amides is 1. The number of nitro benzene ring substituents is 1. The molecule has 0 aliphatic heterocycles. The Morgan fingerprint density at radius 3 is 2.38 bits per heavy atom. The Hall–Kier alpha value is -3.52. The monoisotopic (exact) mass is 410 g/mol. The molecule has 8 heteroatoms. The van der Waals surface area contributed by atoms with Crippen LogP contribution in [0.2, 0.25) is 0 Å². The summed E-state index contributed by atoms with van der Waals surface area (Å²) in [4.78, 5) is 35.9. The van der Waals surface area contributed by atoms with E-state index >= 15 is 0 Å². The summed E-state index contributed by atoms with van der Waals surface area (Å²) in [5.41, 5.74) is 0.729. The van der Waals surface area contributed by atoms with E-state index in [-0.39, 0.29) is 17.0 Å². The number of carbonyl (C=O) groups excluding carboxylic acids is 2. The molecule has 0 bridgehead atoms. The van der Waals surface area contributed by atoms with Crippen LogP contribution in [0.15, 0.2) is 76.5 Å². The molecule has 3 aromatic rings. The van der Waals surface area contributed by atoms with Crippen LogP contribution in [0.25, 0.3) is 0 Å². The van der Waals surface area contributed by atoms with Gasteiger partial charge in [-0.1, -0.05) is 23.9 Å². The van der Waals surface area contributed by atoms with Crippen LogP contribution in [0.1, 0.15) is 27.6 Å². The number of rotatable bonds is 6. The third kappa shape index (κ3) is 5.05. The molecule has 0 aliphatic rings. The van der Waals surface area contributed by atoms with E-state index < -0.39 is 16.6 Å². The molecule has 0 saturated carbocycles. The van der Waals surface area contributed by atoms with Crippen molar-refractivity contribution in [2.45, 2.75) is 16.7 Å². The van der Waals surface area contributed by atoms with Crippen LogP contribution in [-0.2, 0) is 0 Å². The van der Waals surface area contributed by atoms with Gasteiger partial charge in [0.1, 0.15) is 5.82 Å². The first-order valence-corrected chi connectivity index (χ1v) is 9.29. The van der Waals surface area contributed by atoms with Crippen molar-refractivity contribution in [1.82, 2.24) is 0 Å². The number of Topliss-reactive ketones (excluding diaryl/α,β-unsaturated/α-hetero) is 1. The van der Waals surface area contributed by atoms with E-state index in [1.807, 2.05) is 0 Å². The van der Waals surface area contributed by atoms with Crippen LogP contribution in [0, 0.1) is 15.9 Å². The summed E-state index contributed by atoms with van der Waals surface area (Å²) in [6.07, 6.45) is 0. The normalized spacial score (nSPS) is 10.4. The number of nitro groups is 1. The highest BCUT2D eigenvalue weighted by Crippen LogP contribution is 2.35. The van der Waals surface area contributed by atoms with Crippen molar-refractivity contribution in [1.29, 1.82) is 0 Å². The smallest absolute Gasteiger partial charge is 0.284 e. The fourth-order valence-electron chi connectivity index (χ4n) is 2.54. The van der Waals surface area contributed by atoms with Gasteiger partial charge in [-0.15, -0.1) is 0 Å². The summed E-state index contributed by atoms with van der Waals surface area (Å²) in [7, 11) is 0. The summed E-state index contributed by atoms with van der Waals surface area (Å²) in [5, 5.41) is 14.1. The molecule has 146 valence electrons. The van der Waals surface area contributed by atoms with Crippen molar-refractivity contribution in [3.8, 4) is 0 Å². The Balaban J connectivity index is 1.84. The van der Waals surface area contributed by atoms with Gasteiger partial charge >= 0.3 is 0 Å². The zero-order valence-corrected chi connectivity index (χ0v) is 16.0. The number of nitrogens with zero attached hydrogens (tertiary/aromatic N) is 1. The van der Waals surface area contributed by atoms with Gasteiger partial charge in [-0.25, -0.2) is 4.39 Å². The van der Waals surface area contributed by atoms with Crippen molar-refractivity contribution in [3.63, 3.8) is 0 Å². The van der Waals surface area contributed by atoms with Crippen LogP contribution in [0.3, 0.4) is 0 Å². The molecule has 0 saturated heterocycles. The van der Waals surface area contributed by atoms with Crippen molar-refractivity contribution in [2.24, 2.45) is 0 Å². The van der Waals surface area contributed by atoms with Gasteiger partial charge in [0.2, 0.25) is 0 Å². The topological polar surface area (TPSA) is 89.3 Å². The average molecular weight is 410 g/mol. The molecular formula is C21H15FN2O4S. The zero-order valence-electron chi connectivity index (χ0n) is 15.2. The molecule has 29 heavy (non-hydrogen) atoms. The second-order valence-corrected chi connectivity index (χ2v) is 7.20. The first-order valence-electron chi connectivity index (χ1n) is 8.48. The lowest BCUT2D eigenvalue weighted by Gasteiger charge is -2.08.